The Labute approximate surface area is 111 Å². The summed E-state index contributed by atoms with van der Waals surface area (Å²) in [5.74, 6) is 0. The zero-order valence-electron chi connectivity index (χ0n) is 9.32. The van der Waals surface area contributed by atoms with E-state index in [1.807, 2.05) is 31.2 Å². The Bertz CT molecular complexity index is 537. The lowest BCUT2D eigenvalue weighted by Crippen LogP contribution is -1.99. The molecule has 88 valence electrons. The summed E-state index contributed by atoms with van der Waals surface area (Å²) in [5, 5.41) is 11.2. The van der Waals surface area contributed by atoms with Gasteiger partial charge >= 0.3 is 0 Å². The molecule has 0 aliphatic heterocycles. The topological polar surface area (TPSA) is 20.2 Å². The van der Waals surface area contributed by atoms with Crippen LogP contribution in [0.25, 0.3) is 0 Å². The minimum absolute atomic E-state index is 0.455. The van der Waals surface area contributed by atoms with Gasteiger partial charge in [-0.2, -0.15) is 0 Å². The van der Waals surface area contributed by atoms with Gasteiger partial charge < -0.3 is 5.11 Å². The molecule has 1 N–H and O–H groups in total. The molecule has 0 bridgehead atoms. The van der Waals surface area contributed by atoms with E-state index in [9.17, 15) is 5.11 Å². The molecule has 0 aliphatic carbocycles. The van der Waals surface area contributed by atoms with Gasteiger partial charge in [-0.25, -0.2) is 0 Å². The third kappa shape index (κ3) is 2.81. The maximum atomic E-state index is 10.2. The highest BCUT2D eigenvalue weighted by Gasteiger charge is 2.11. The summed E-state index contributed by atoms with van der Waals surface area (Å²) in [7, 11) is 0. The van der Waals surface area contributed by atoms with Crippen molar-refractivity contribution in [1.82, 2.24) is 0 Å². The van der Waals surface area contributed by atoms with Crippen molar-refractivity contribution in [3.8, 4) is 0 Å². The van der Waals surface area contributed by atoms with Gasteiger partial charge in [-0.15, -0.1) is 0 Å². The third-order valence-corrected chi connectivity index (χ3v) is 3.36. The number of hydrogen-bond acceptors (Lipinski definition) is 1. The average Bonchev–Trinajstić information content (AvgIpc) is 2.32. The molecular weight excluding hydrogens is 255 g/mol. The molecule has 0 spiro atoms. The number of aryl methyl sites for hydroxylation is 1. The number of benzene rings is 2. The number of halogens is 2. The lowest BCUT2D eigenvalue weighted by molar-refractivity contribution is 0.220. The van der Waals surface area contributed by atoms with E-state index in [4.69, 9.17) is 23.2 Å². The first-order valence-corrected chi connectivity index (χ1v) is 6.03. The maximum Gasteiger partial charge on any atom is 0.104 e. The van der Waals surface area contributed by atoms with Gasteiger partial charge in [0.2, 0.25) is 0 Å². The summed E-state index contributed by atoms with van der Waals surface area (Å²) >= 11 is 11.8. The van der Waals surface area contributed by atoms with Crippen LogP contribution in [0.15, 0.2) is 42.5 Å². The van der Waals surface area contributed by atoms with Gasteiger partial charge in [0.1, 0.15) is 6.10 Å². The second-order valence-electron chi connectivity index (χ2n) is 3.99. The summed E-state index contributed by atoms with van der Waals surface area (Å²) in [4.78, 5) is 0. The lowest BCUT2D eigenvalue weighted by atomic mass is 10.0. The molecule has 17 heavy (non-hydrogen) atoms. The number of aliphatic hydroxyl groups excluding tert-OH is 1. The number of rotatable bonds is 2. The van der Waals surface area contributed by atoms with Crippen LogP contribution >= 0.6 is 23.2 Å². The fourth-order valence-electron chi connectivity index (χ4n) is 1.72. The molecule has 0 saturated carbocycles. The van der Waals surface area contributed by atoms with Crippen molar-refractivity contribution >= 4 is 23.2 Å². The Morgan fingerprint density at radius 2 is 1.65 bits per heavy atom. The van der Waals surface area contributed by atoms with Crippen LogP contribution in [0.3, 0.4) is 0 Å². The van der Waals surface area contributed by atoms with Gasteiger partial charge in [-0.1, -0.05) is 59.1 Å². The molecule has 0 amide bonds. The highest BCUT2D eigenvalue weighted by molar-refractivity contribution is 6.42. The summed E-state index contributed by atoms with van der Waals surface area (Å²) < 4.78 is 0. The van der Waals surface area contributed by atoms with Crippen molar-refractivity contribution < 1.29 is 5.11 Å². The number of hydrogen-bond donors (Lipinski definition) is 1. The van der Waals surface area contributed by atoms with E-state index in [0.29, 0.717) is 10.0 Å². The minimum atomic E-state index is -0.676. The molecule has 0 heterocycles. The molecule has 3 heteroatoms. The largest absolute Gasteiger partial charge is 0.384 e. The summed E-state index contributed by atoms with van der Waals surface area (Å²) in [5.41, 5.74) is 2.70. The zero-order chi connectivity index (χ0) is 12.4. The second kappa shape index (κ2) is 5.09. The standard InChI is InChI=1S/C14H12Cl2O/c1-9-3-2-4-10(7-9)14(17)11-5-6-12(15)13(16)8-11/h2-8,14,17H,1H3/t14-/m1/s1. The molecule has 0 aromatic heterocycles. The zero-order valence-corrected chi connectivity index (χ0v) is 10.8. The Morgan fingerprint density at radius 1 is 0.941 bits per heavy atom. The fraction of sp³-hybridized carbons (Fsp3) is 0.143. The molecule has 2 rings (SSSR count). The molecule has 0 aliphatic rings. The van der Waals surface area contributed by atoms with Gasteiger partial charge in [-0.3, -0.25) is 0 Å². The predicted octanol–water partition coefficient (Wildman–Crippen LogP) is 4.38. The Kier molecular flexibility index (Phi) is 3.72. The second-order valence-corrected chi connectivity index (χ2v) is 4.80. The van der Waals surface area contributed by atoms with E-state index in [1.165, 1.54) is 0 Å². The average molecular weight is 267 g/mol. The Morgan fingerprint density at radius 3 is 2.29 bits per heavy atom. The summed E-state index contributed by atoms with van der Waals surface area (Å²) in [6, 6.07) is 12.9. The number of aliphatic hydroxyl groups is 1. The summed E-state index contributed by atoms with van der Waals surface area (Å²) in [6.45, 7) is 1.99. The quantitative estimate of drug-likeness (QED) is 0.855. The van der Waals surface area contributed by atoms with Gasteiger partial charge in [-0.05, 0) is 30.2 Å². The Hall–Kier alpha value is -1.02. The van der Waals surface area contributed by atoms with Crippen LogP contribution in [0.2, 0.25) is 10.0 Å². The first kappa shape index (κ1) is 12.4. The highest BCUT2D eigenvalue weighted by atomic mass is 35.5. The molecule has 0 unspecified atom stereocenters. The van der Waals surface area contributed by atoms with Crippen LogP contribution in [0.1, 0.15) is 22.8 Å². The molecule has 2 aromatic carbocycles. The van der Waals surface area contributed by atoms with Gasteiger partial charge in [0.25, 0.3) is 0 Å². The molecule has 0 saturated heterocycles. The molecule has 1 nitrogen and oxygen atoms in total. The molecular formula is C14H12Cl2O. The van der Waals surface area contributed by atoms with E-state index in [1.54, 1.807) is 18.2 Å². The fourth-order valence-corrected chi connectivity index (χ4v) is 2.02. The van der Waals surface area contributed by atoms with Crippen molar-refractivity contribution in [2.24, 2.45) is 0 Å². The van der Waals surface area contributed by atoms with E-state index in [2.05, 4.69) is 0 Å². The van der Waals surface area contributed by atoms with Crippen molar-refractivity contribution in [2.45, 2.75) is 13.0 Å². The van der Waals surface area contributed by atoms with Crippen LogP contribution in [0, 0.1) is 6.92 Å². The van der Waals surface area contributed by atoms with Gasteiger partial charge in [0.15, 0.2) is 0 Å². The molecule has 0 fully saturated rings. The normalized spacial score (nSPS) is 12.5. The smallest absolute Gasteiger partial charge is 0.104 e. The summed E-state index contributed by atoms with van der Waals surface area (Å²) in [6.07, 6.45) is -0.676. The van der Waals surface area contributed by atoms with E-state index < -0.39 is 6.10 Å². The van der Waals surface area contributed by atoms with Crippen LogP contribution in [-0.4, -0.2) is 5.11 Å². The highest BCUT2D eigenvalue weighted by Crippen LogP contribution is 2.28. The van der Waals surface area contributed by atoms with Crippen molar-refractivity contribution in [3.63, 3.8) is 0 Å². The predicted molar refractivity (Wildman–Crippen MR) is 71.7 cm³/mol. The first-order valence-electron chi connectivity index (χ1n) is 5.27. The minimum Gasteiger partial charge on any atom is -0.384 e. The van der Waals surface area contributed by atoms with Crippen molar-refractivity contribution in [3.05, 3.63) is 69.2 Å². The van der Waals surface area contributed by atoms with Gasteiger partial charge in [0.05, 0.1) is 10.0 Å². The SMILES string of the molecule is Cc1cccc([C@@H](O)c2ccc(Cl)c(Cl)c2)c1. The van der Waals surface area contributed by atoms with Crippen LogP contribution in [0.4, 0.5) is 0 Å². The Balaban J connectivity index is 2.36. The third-order valence-electron chi connectivity index (χ3n) is 2.62. The van der Waals surface area contributed by atoms with Crippen LogP contribution in [-0.2, 0) is 0 Å². The van der Waals surface area contributed by atoms with Crippen LogP contribution in [0.5, 0.6) is 0 Å². The first-order chi connectivity index (χ1) is 8.08. The van der Waals surface area contributed by atoms with Crippen molar-refractivity contribution in [1.29, 1.82) is 0 Å². The monoisotopic (exact) mass is 266 g/mol. The van der Waals surface area contributed by atoms with Gasteiger partial charge in [0, 0.05) is 0 Å². The maximum absolute atomic E-state index is 10.2. The van der Waals surface area contributed by atoms with Crippen molar-refractivity contribution in [2.75, 3.05) is 0 Å². The molecule has 2 aromatic rings. The van der Waals surface area contributed by atoms with E-state index >= 15 is 0 Å². The molecule has 0 radical (unpaired) electrons. The van der Waals surface area contributed by atoms with E-state index in [0.717, 1.165) is 16.7 Å². The van der Waals surface area contributed by atoms with Crippen LogP contribution < -0.4 is 0 Å². The van der Waals surface area contributed by atoms with E-state index in [-0.39, 0.29) is 0 Å². The lowest BCUT2D eigenvalue weighted by Gasteiger charge is -2.12. The molecule has 1 atom stereocenters.